The molecular weight excluding hydrogens is 264 g/mol. The van der Waals surface area contributed by atoms with Crippen LogP contribution in [0.5, 0.6) is 0 Å². The van der Waals surface area contributed by atoms with Gasteiger partial charge in [0, 0.05) is 19.2 Å². The van der Waals surface area contributed by atoms with Crippen LogP contribution in [0.25, 0.3) is 0 Å². The van der Waals surface area contributed by atoms with Gasteiger partial charge >= 0.3 is 5.97 Å². The fraction of sp³-hybridized carbons (Fsp3) is 0.385. The minimum atomic E-state index is -0.987. The number of nitro benzene ring substituents is 1. The summed E-state index contributed by atoms with van der Waals surface area (Å²) in [6.07, 6.45) is 0.342. The summed E-state index contributed by atoms with van der Waals surface area (Å²) in [5.74, 6) is -1.46. The summed E-state index contributed by atoms with van der Waals surface area (Å²) in [7, 11) is 0. The predicted octanol–water partition coefficient (Wildman–Crippen LogP) is 1.53. The van der Waals surface area contributed by atoms with Gasteiger partial charge in [0.1, 0.15) is 5.56 Å². The van der Waals surface area contributed by atoms with Crippen molar-refractivity contribution in [1.82, 2.24) is 4.90 Å². The molecule has 1 aromatic rings. The lowest BCUT2D eigenvalue weighted by atomic mass is 9.90. The standard InChI is InChI=1S/C13H14N2O5/c1-13(12(17)18)6-7-14(8-13)11(16)9-4-2-3-5-10(9)15(19)20/h2-5H,6-8H2,1H3,(H,17,18). The molecular formula is C13H14N2O5. The van der Waals surface area contributed by atoms with E-state index in [-0.39, 0.29) is 24.3 Å². The highest BCUT2D eigenvalue weighted by molar-refractivity contribution is 5.98. The van der Waals surface area contributed by atoms with E-state index in [1.54, 1.807) is 13.0 Å². The zero-order valence-electron chi connectivity index (χ0n) is 10.9. The molecule has 1 N–H and O–H groups in total. The summed E-state index contributed by atoms with van der Waals surface area (Å²) in [5.41, 5.74) is -1.26. The van der Waals surface area contributed by atoms with Crippen LogP contribution in [0, 0.1) is 15.5 Å². The number of carbonyl (C=O) groups excluding carboxylic acids is 1. The van der Waals surface area contributed by atoms with E-state index in [2.05, 4.69) is 0 Å². The number of carbonyl (C=O) groups is 2. The molecule has 1 amide bonds. The van der Waals surface area contributed by atoms with Crippen molar-refractivity contribution in [1.29, 1.82) is 0 Å². The summed E-state index contributed by atoms with van der Waals surface area (Å²) in [6, 6.07) is 5.68. The Morgan fingerprint density at radius 1 is 1.40 bits per heavy atom. The van der Waals surface area contributed by atoms with Gasteiger partial charge in [0.2, 0.25) is 0 Å². The van der Waals surface area contributed by atoms with Crippen LogP contribution in [0.3, 0.4) is 0 Å². The Morgan fingerprint density at radius 3 is 2.60 bits per heavy atom. The lowest BCUT2D eigenvalue weighted by molar-refractivity contribution is -0.385. The van der Waals surface area contributed by atoms with Gasteiger partial charge in [-0.25, -0.2) is 0 Å². The van der Waals surface area contributed by atoms with E-state index in [0.717, 1.165) is 0 Å². The second kappa shape index (κ2) is 4.92. The van der Waals surface area contributed by atoms with Crippen molar-refractivity contribution in [2.45, 2.75) is 13.3 Å². The van der Waals surface area contributed by atoms with Gasteiger partial charge < -0.3 is 10.0 Å². The third-order valence-corrected chi connectivity index (χ3v) is 3.61. The maximum absolute atomic E-state index is 12.3. The minimum Gasteiger partial charge on any atom is -0.481 e. The highest BCUT2D eigenvalue weighted by Crippen LogP contribution is 2.32. The third kappa shape index (κ3) is 2.34. The van der Waals surface area contributed by atoms with Crippen LogP contribution in [0.1, 0.15) is 23.7 Å². The summed E-state index contributed by atoms with van der Waals surface area (Å²) < 4.78 is 0. The average Bonchev–Trinajstić information content (AvgIpc) is 2.82. The molecule has 1 unspecified atom stereocenters. The van der Waals surface area contributed by atoms with Crippen LogP contribution >= 0.6 is 0 Å². The van der Waals surface area contributed by atoms with Crippen molar-refractivity contribution in [3.05, 3.63) is 39.9 Å². The number of amides is 1. The van der Waals surface area contributed by atoms with Crippen LogP contribution in [-0.4, -0.2) is 39.9 Å². The molecule has 0 spiro atoms. The first-order chi connectivity index (χ1) is 9.35. The van der Waals surface area contributed by atoms with E-state index >= 15 is 0 Å². The minimum absolute atomic E-state index is 0.00728. The van der Waals surface area contributed by atoms with Crippen LogP contribution in [-0.2, 0) is 4.79 Å². The second-order valence-electron chi connectivity index (χ2n) is 5.12. The number of para-hydroxylation sites is 1. The van der Waals surface area contributed by atoms with Gasteiger partial charge in [-0.05, 0) is 19.4 Å². The highest BCUT2D eigenvalue weighted by Gasteiger charge is 2.43. The monoisotopic (exact) mass is 278 g/mol. The molecule has 1 aromatic carbocycles. The van der Waals surface area contributed by atoms with Gasteiger partial charge in [-0.2, -0.15) is 0 Å². The smallest absolute Gasteiger partial charge is 0.311 e. The molecule has 1 fully saturated rings. The fourth-order valence-corrected chi connectivity index (χ4v) is 2.29. The molecule has 0 aliphatic carbocycles. The SMILES string of the molecule is CC1(C(=O)O)CCN(C(=O)c2ccccc2[N+](=O)[O-])C1. The summed E-state index contributed by atoms with van der Waals surface area (Å²) in [5, 5.41) is 20.1. The second-order valence-corrected chi connectivity index (χ2v) is 5.12. The van der Waals surface area contributed by atoms with Gasteiger partial charge in [0.25, 0.3) is 11.6 Å². The van der Waals surface area contributed by atoms with Gasteiger partial charge in [-0.3, -0.25) is 19.7 Å². The van der Waals surface area contributed by atoms with E-state index in [1.165, 1.54) is 23.1 Å². The van der Waals surface area contributed by atoms with Crippen molar-refractivity contribution in [2.75, 3.05) is 13.1 Å². The van der Waals surface area contributed by atoms with Crippen molar-refractivity contribution < 1.29 is 19.6 Å². The quantitative estimate of drug-likeness (QED) is 0.667. The maximum Gasteiger partial charge on any atom is 0.311 e. The molecule has 0 aromatic heterocycles. The molecule has 0 saturated carbocycles. The summed E-state index contributed by atoms with van der Waals surface area (Å²) in [6.45, 7) is 1.92. The first kappa shape index (κ1) is 14.0. The molecule has 1 aliphatic rings. The van der Waals surface area contributed by atoms with E-state index in [0.29, 0.717) is 6.42 Å². The average molecular weight is 278 g/mol. The topological polar surface area (TPSA) is 101 Å². The lowest BCUT2D eigenvalue weighted by Crippen LogP contribution is -2.35. The van der Waals surface area contributed by atoms with E-state index < -0.39 is 22.2 Å². The molecule has 0 radical (unpaired) electrons. The Hall–Kier alpha value is -2.44. The number of likely N-dealkylation sites (tertiary alicyclic amines) is 1. The number of rotatable bonds is 3. The number of benzene rings is 1. The highest BCUT2D eigenvalue weighted by atomic mass is 16.6. The number of aliphatic carboxylic acids is 1. The lowest BCUT2D eigenvalue weighted by Gasteiger charge is -2.20. The maximum atomic E-state index is 12.3. The van der Waals surface area contributed by atoms with Gasteiger partial charge in [-0.15, -0.1) is 0 Å². The fourth-order valence-electron chi connectivity index (χ4n) is 2.29. The summed E-state index contributed by atoms with van der Waals surface area (Å²) >= 11 is 0. The Balaban J connectivity index is 2.26. The Morgan fingerprint density at radius 2 is 2.05 bits per heavy atom. The van der Waals surface area contributed by atoms with Gasteiger partial charge in [0.15, 0.2) is 0 Å². The first-order valence-corrected chi connectivity index (χ1v) is 6.11. The first-order valence-electron chi connectivity index (χ1n) is 6.11. The van der Waals surface area contributed by atoms with Crippen molar-refractivity contribution in [2.24, 2.45) is 5.41 Å². The van der Waals surface area contributed by atoms with Crippen LogP contribution in [0.15, 0.2) is 24.3 Å². The molecule has 106 valence electrons. The van der Waals surface area contributed by atoms with Gasteiger partial charge in [0.05, 0.1) is 10.3 Å². The number of hydrogen-bond acceptors (Lipinski definition) is 4. The van der Waals surface area contributed by atoms with Crippen LogP contribution in [0.4, 0.5) is 5.69 Å². The number of nitrogens with zero attached hydrogens (tertiary/aromatic N) is 2. The van der Waals surface area contributed by atoms with Crippen LogP contribution < -0.4 is 0 Å². The normalized spacial score (nSPS) is 21.8. The van der Waals surface area contributed by atoms with Crippen LogP contribution in [0.2, 0.25) is 0 Å². The van der Waals surface area contributed by atoms with Crippen molar-refractivity contribution in [3.8, 4) is 0 Å². The van der Waals surface area contributed by atoms with Crippen molar-refractivity contribution >= 4 is 17.6 Å². The Bertz CT molecular complexity index is 586. The molecule has 7 heteroatoms. The molecule has 0 bridgehead atoms. The number of nitro groups is 1. The van der Waals surface area contributed by atoms with Gasteiger partial charge in [-0.1, -0.05) is 12.1 Å². The number of carboxylic acid groups (broad SMARTS) is 1. The van der Waals surface area contributed by atoms with Crippen molar-refractivity contribution in [3.63, 3.8) is 0 Å². The summed E-state index contributed by atoms with van der Waals surface area (Å²) in [4.78, 5) is 35.1. The molecule has 1 aliphatic heterocycles. The Kier molecular flexibility index (Phi) is 3.44. The third-order valence-electron chi connectivity index (χ3n) is 3.61. The zero-order chi connectivity index (χ0) is 14.9. The molecule has 1 saturated heterocycles. The van der Waals surface area contributed by atoms with E-state index in [9.17, 15) is 19.7 Å². The van der Waals surface area contributed by atoms with E-state index in [1.807, 2.05) is 0 Å². The number of hydrogen-bond donors (Lipinski definition) is 1. The zero-order valence-corrected chi connectivity index (χ0v) is 10.9. The largest absolute Gasteiger partial charge is 0.481 e. The predicted molar refractivity (Wildman–Crippen MR) is 69.4 cm³/mol. The molecule has 1 atom stereocenters. The molecule has 20 heavy (non-hydrogen) atoms. The Labute approximate surface area is 115 Å². The molecule has 2 rings (SSSR count). The molecule has 7 nitrogen and oxygen atoms in total. The van der Waals surface area contributed by atoms with E-state index in [4.69, 9.17) is 5.11 Å². The molecule has 1 heterocycles. The number of carboxylic acids is 1.